The number of benzene rings is 7. The second-order valence-corrected chi connectivity index (χ2v) is 12.1. The molecule has 3 heteroatoms. The number of nitrogens with zero attached hydrogens (tertiary/aromatic N) is 1. The van der Waals surface area contributed by atoms with Crippen molar-refractivity contribution < 1.29 is 9.15 Å². The number of hydrogen-bond donors (Lipinski definition) is 0. The molecule has 0 saturated heterocycles. The summed E-state index contributed by atoms with van der Waals surface area (Å²) in [7, 11) is 0. The molecule has 0 unspecified atom stereocenters. The molecular weight excluding hydrogens is 562 g/mol. The van der Waals surface area contributed by atoms with Gasteiger partial charge in [0, 0.05) is 45.0 Å². The van der Waals surface area contributed by atoms with Crippen LogP contribution in [0.25, 0.3) is 33.1 Å². The van der Waals surface area contributed by atoms with Gasteiger partial charge in [-0.1, -0.05) is 103 Å². The Morgan fingerprint density at radius 3 is 1.63 bits per heavy atom. The normalized spacial score (nSPS) is 13.6. The second kappa shape index (κ2) is 9.47. The van der Waals surface area contributed by atoms with Gasteiger partial charge in [0.2, 0.25) is 0 Å². The molecule has 1 aromatic heterocycles. The van der Waals surface area contributed by atoms with Crippen LogP contribution in [0, 0.1) is 0 Å². The van der Waals surface area contributed by atoms with E-state index in [9.17, 15) is 0 Å². The first-order chi connectivity index (χ1) is 22.8. The van der Waals surface area contributed by atoms with Crippen LogP contribution in [0.5, 0.6) is 11.5 Å². The molecule has 216 valence electrons. The zero-order valence-corrected chi connectivity index (χ0v) is 24.9. The molecule has 1 spiro atoms. The predicted octanol–water partition coefficient (Wildman–Crippen LogP) is 11.5. The van der Waals surface area contributed by atoms with Crippen LogP contribution in [-0.4, -0.2) is 0 Å². The van der Waals surface area contributed by atoms with Gasteiger partial charge in [-0.3, -0.25) is 0 Å². The summed E-state index contributed by atoms with van der Waals surface area (Å²) in [6.45, 7) is 0. The topological polar surface area (TPSA) is 25.6 Å². The Labute approximate surface area is 266 Å². The maximum absolute atomic E-state index is 6.71. The van der Waals surface area contributed by atoms with Crippen LogP contribution >= 0.6 is 0 Å². The molecule has 8 aromatic rings. The molecule has 1 aliphatic heterocycles. The quantitative estimate of drug-likeness (QED) is 0.205. The van der Waals surface area contributed by atoms with Gasteiger partial charge in [-0.05, 0) is 76.9 Å². The number of rotatable bonds is 3. The Kier molecular flexibility index (Phi) is 5.20. The molecule has 0 N–H and O–H groups in total. The van der Waals surface area contributed by atoms with Gasteiger partial charge in [0.1, 0.15) is 22.7 Å². The summed E-state index contributed by atoms with van der Waals surface area (Å²) in [5, 5.41) is 2.14. The average molecular weight is 590 g/mol. The van der Waals surface area contributed by atoms with Crippen molar-refractivity contribution in [3.63, 3.8) is 0 Å². The zero-order valence-electron chi connectivity index (χ0n) is 24.9. The Balaban J connectivity index is 1.26. The molecule has 2 aliphatic rings. The smallest absolute Gasteiger partial charge is 0.139 e. The van der Waals surface area contributed by atoms with Crippen molar-refractivity contribution in [2.24, 2.45) is 0 Å². The molecule has 0 radical (unpaired) electrons. The first-order valence-corrected chi connectivity index (χ1v) is 15.7. The molecule has 0 atom stereocenters. The minimum atomic E-state index is -0.521. The van der Waals surface area contributed by atoms with Crippen LogP contribution in [0.1, 0.15) is 22.3 Å². The first-order valence-electron chi connectivity index (χ1n) is 15.7. The Bertz CT molecular complexity index is 2370. The van der Waals surface area contributed by atoms with E-state index >= 15 is 0 Å². The van der Waals surface area contributed by atoms with E-state index in [0.29, 0.717) is 0 Å². The van der Waals surface area contributed by atoms with Gasteiger partial charge in [0.05, 0.1) is 5.41 Å². The van der Waals surface area contributed by atoms with Crippen molar-refractivity contribution in [1.82, 2.24) is 0 Å². The van der Waals surface area contributed by atoms with Gasteiger partial charge in [-0.15, -0.1) is 0 Å². The van der Waals surface area contributed by atoms with Gasteiger partial charge in [-0.2, -0.15) is 0 Å². The van der Waals surface area contributed by atoms with Crippen molar-refractivity contribution in [1.29, 1.82) is 0 Å². The molecule has 2 heterocycles. The number of hydrogen-bond acceptors (Lipinski definition) is 3. The highest BCUT2D eigenvalue weighted by Gasteiger charge is 2.51. The maximum atomic E-state index is 6.71. The van der Waals surface area contributed by atoms with Crippen molar-refractivity contribution in [3.05, 3.63) is 186 Å². The number of fused-ring (bicyclic) bond motifs is 12. The highest BCUT2D eigenvalue weighted by molar-refractivity contribution is 6.08. The summed E-state index contributed by atoms with van der Waals surface area (Å²) in [6.07, 6.45) is 0. The maximum Gasteiger partial charge on any atom is 0.139 e. The number of para-hydroxylation sites is 3. The molecule has 10 rings (SSSR count). The van der Waals surface area contributed by atoms with E-state index in [1.165, 1.54) is 22.3 Å². The third-order valence-corrected chi connectivity index (χ3v) is 9.71. The summed E-state index contributed by atoms with van der Waals surface area (Å²) in [5.74, 6) is 1.70. The highest BCUT2D eigenvalue weighted by atomic mass is 16.5. The lowest BCUT2D eigenvalue weighted by atomic mass is 9.66. The van der Waals surface area contributed by atoms with Gasteiger partial charge >= 0.3 is 0 Å². The van der Waals surface area contributed by atoms with E-state index in [1.807, 2.05) is 0 Å². The molecule has 0 amide bonds. The van der Waals surface area contributed by atoms with Crippen LogP contribution < -0.4 is 9.64 Å². The third-order valence-electron chi connectivity index (χ3n) is 9.71. The van der Waals surface area contributed by atoms with E-state index in [1.54, 1.807) is 0 Å². The molecule has 1 aliphatic carbocycles. The first kappa shape index (κ1) is 25.3. The number of ether oxygens (including phenoxy) is 1. The third kappa shape index (κ3) is 3.37. The van der Waals surface area contributed by atoms with E-state index < -0.39 is 5.41 Å². The molecular formula is C43H27NO2. The fourth-order valence-electron chi connectivity index (χ4n) is 7.85. The highest BCUT2D eigenvalue weighted by Crippen LogP contribution is 2.62. The van der Waals surface area contributed by atoms with Crippen LogP contribution in [-0.2, 0) is 5.41 Å². The molecule has 46 heavy (non-hydrogen) atoms. The standard InChI is InChI=1S/C43H27NO2/c1-3-13-28(14-4-1)44(29-15-5-2-6-16-29)30-23-24-39-33(25-30)34-26-38-42(27-41(34)45-39)46-40-22-12-11-21-37(40)43(38)35-19-9-7-17-31(35)32-18-8-10-20-36(32)43/h1-27H. The van der Waals surface area contributed by atoms with Crippen molar-refractivity contribution in [2.75, 3.05) is 4.90 Å². The summed E-state index contributed by atoms with van der Waals surface area (Å²) in [4.78, 5) is 2.29. The Hall–Kier alpha value is -6.06. The Morgan fingerprint density at radius 1 is 0.391 bits per heavy atom. The van der Waals surface area contributed by atoms with Crippen molar-refractivity contribution in [3.8, 4) is 22.6 Å². The molecule has 0 bridgehead atoms. The van der Waals surface area contributed by atoms with Crippen LogP contribution in [0.2, 0.25) is 0 Å². The van der Waals surface area contributed by atoms with Crippen LogP contribution in [0.15, 0.2) is 168 Å². The largest absolute Gasteiger partial charge is 0.457 e. The monoisotopic (exact) mass is 589 g/mol. The number of anilines is 3. The van der Waals surface area contributed by atoms with Gasteiger partial charge < -0.3 is 14.1 Å². The van der Waals surface area contributed by atoms with Crippen LogP contribution in [0.4, 0.5) is 17.1 Å². The molecule has 3 nitrogen and oxygen atoms in total. The lowest BCUT2D eigenvalue weighted by molar-refractivity contribution is 0.436. The van der Waals surface area contributed by atoms with Crippen molar-refractivity contribution >= 4 is 39.0 Å². The van der Waals surface area contributed by atoms with Crippen LogP contribution in [0.3, 0.4) is 0 Å². The molecule has 0 saturated carbocycles. The van der Waals surface area contributed by atoms with Gasteiger partial charge in [0.15, 0.2) is 0 Å². The lowest BCUT2D eigenvalue weighted by Crippen LogP contribution is -2.32. The fraction of sp³-hybridized carbons (Fsp3) is 0.0233. The predicted molar refractivity (Wildman–Crippen MR) is 186 cm³/mol. The minimum Gasteiger partial charge on any atom is -0.457 e. The SMILES string of the molecule is c1ccc(N(c2ccccc2)c2ccc3oc4cc5c(cc4c3c2)C2(c3ccccc3O5)c3ccccc3-c3ccccc32)cc1. The zero-order chi connectivity index (χ0) is 30.2. The lowest BCUT2D eigenvalue weighted by Gasteiger charge is -2.39. The summed E-state index contributed by atoms with van der Waals surface area (Å²) in [6, 6.07) is 58.1. The van der Waals surface area contributed by atoms with Crippen molar-refractivity contribution in [2.45, 2.75) is 5.41 Å². The minimum absolute atomic E-state index is 0.521. The summed E-state index contributed by atoms with van der Waals surface area (Å²) in [5.41, 5.74) is 11.8. The van der Waals surface area contributed by atoms with E-state index in [0.717, 1.165) is 61.6 Å². The van der Waals surface area contributed by atoms with Gasteiger partial charge in [-0.25, -0.2) is 0 Å². The Morgan fingerprint density at radius 2 is 0.957 bits per heavy atom. The van der Waals surface area contributed by atoms with E-state index in [-0.39, 0.29) is 0 Å². The molecule has 7 aromatic carbocycles. The second-order valence-electron chi connectivity index (χ2n) is 12.1. The fourth-order valence-corrected chi connectivity index (χ4v) is 7.85. The number of furan rings is 1. The summed E-state index contributed by atoms with van der Waals surface area (Å²) < 4.78 is 13.3. The molecule has 0 fully saturated rings. The van der Waals surface area contributed by atoms with E-state index in [2.05, 4.69) is 169 Å². The average Bonchev–Trinajstić information content (AvgIpc) is 3.62. The van der Waals surface area contributed by atoms with Gasteiger partial charge in [0.25, 0.3) is 0 Å². The van der Waals surface area contributed by atoms with E-state index in [4.69, 9.17) is 9.15 Å². The summed E-state index contributed by atoms with van der Waals surface area (Å²) >= 11 is 0.